The second kappa shape index (κ2) is 7.99. The van der Waals surface area contributed by atoms with Crippen molar-refractivity contribution in [3.8, 4) is 0 Å². The van der Waals surface area contributed by atoms with Gasteiger partial charge < -0.3 is 9.80 Å². The van der Waals surface area contributed by atoms with Gasteiger partial charge in [0.1, 0.15) is 0 Å². The topological polar surface area (TPSA) is 66.4 Å². The van der Waals surface area contributed by atoms with Crippen molar-refractivity contribution in [2.24, 2.45) is 0 Å². The molecule has 0 spiro atoms. The smallest absolute Gasteiger partial charge is 0.264 e. The van der Waals surface area contributed by atoms with E-state index in [0.29, 0.717) is 44.1 Å². The van der Waals surface area contributed by atoms with Gasteiger partial charge in [0, 0.05) is 38.8 Å². The summed E-state index contributed by atoms with van der Waals surface area (Å²) in [5, 5.41) is 1.93. The molecule has 2 aliphatic rings. The summed E-state index contributed by atoms with van der Waals surface area (Å²) in [6.45, 7) is 2.66. The van der Waals surface area contributed by atoms with Crippen molar-refractivity contribution in [2.75, 3.05) is 31.1 Å². The molecule has 0 saturated carbocycles. The Balaban J connectivity index is 1.30. The van der Waals surface area contributed by atoms with E-state index in [1.807, 2.05) is 40.6 Å². The van der Waals surface area contributed by atoms with E-state index in [2.05, 4.69) is 22.0 Å². The standard InChI is InChI=1S/C23H22N4O2S/c28-20-14-17(16-5-2-1-3-6-16)13-19-18(20)15-24-23(25-19)27-10-8-26(9-11-27)22(29)21-7-4-12-30-21/h1-7,12,15,17H,8-11,13-14H2. The summed E-state index contributed by atoms with van der Waals surface area (Å²) in [5.41, 5.74) is 2.66. The van der Waals surface area contributed by atoms with Crippen molar-refractivity contribution in [3.63, 3.8) is 0 Å². The second-order valence-electron chi connectivity index (χ2n) is 7.73. The number of hydrogen-bond acceptors (Lipinski definition) is 6. The van der Waals surface area contributed by atoms with Crippen molar-refractivity contribution in [3.05, 3.63) is 75.7 Å². The Morgan fingerprint density at radius 2 is 1.80 bits per heavy atom. The van der Waals surface area contributed by atoms with Gasteiger partial charge in [0.25, 0.3) is 5.91 Å². The van der Waals surface area contributed by atoms with Crippen molar-refractivity contribution >= 4 is 29.0 Å². The number of amides is 1. The van der Waals surface area contributed by atoms with Gasteiger partial charge in [0.15, 0.2) is 5.78 Å². The van der Waals surface area contributed by atoms with Gasteiger partial charge in [-0.2, -0.15) is 0 Å². The molecule has 0 radical (unpaired) electrons. The summed E-state index contributed by atoms with van der Waals surface area (Å²) in [7, 11) is 0. The fourth-order valence-corrected chi connectivity index (χ4v) is 4.90. The molecule has 30 heavy (non-hydrogen) atoms. The van der Waals surface area contributed by atoms with Crippen LogP contribution in [0.3, 0.4) is 0 Å². The number of rotatable bonds is 3. The summed E-state index contributed by atoms with van der Waals surface area (Å²) in [5.74, 6) is 1.02. The molecule has 2 aromatic heterocycles. The van der Waals surface area contributed by atoms with Crippen LogP contribution in [0.5, 0.6) is 0 Å². The number of nitrogens with zero attached hydrogens (tertiary/aromatic N) is 4. The first-order chi connectivity index (χ1) is 14.7. The van der Waals surface area contributed by atoms with Gasteiger partial charge in [0.2, 0.25) is 5.95 Å². The average molecular weight is 419 g/mol. The Kier molecular flexibility index (Phi) is 5.04. The maximum Gasteiger partial charge on any atom is 0.264 e. The number of piperazine rings is 1. The lowest BCUT2D eigenvalue weighted by atomic mass is 9.82. The zero-order valence-corrected chi connectivity index (χ0v) is 17.3. The fourth-order valence-electron chi connectivity index (χ4n) is 4.21. The highest BCUT2D eigenvalue weighted by Crippen LogP contribution is 2.32. The van der Waals surface area contributed by atoms with E-state index in [1.165, 1.54) is 16.9 Å². The van der Waals surface area contributed by atoms with Gasteiger partial charge in [-0.3, -0.25) is 9.59 Å². The van der Waals surface area contributed by atoms with Crippen molar-refractivity contribution in [1.29, 1.82) is 0 Å². The Bertz CT molecular complexity index is 1060. The number of carbonyl (C=O) groups is 2. The molecule has 1 aliphatic heterocycles. The Hall–Kier alpha value is -3.06. The van der Waals surface area contributed by atoms with Crippen molar-refractivity contribution < 1.29 is 9.59 Å². The SMILES string of the molecule is O=C1CC(c2ccccc2)Cc2nc(N3CCN(C(=O)c4cccs4)CC3)ncc21. The van der Waals surface area contributed by atoms with E-state index < -0.39 is 0 Å². The van der Waals surface area contributed by atoms with Gasteiger partial charge in [-0.1, -0.05) is 36.4 Å². The van der Waals surface area contributed by atoms with Crippen LogP contribution in [-0.2, 0) is 6.42 Å². The molecule has 5 rings (SSSR count). The first kappa shape index (κ1) is 18.9. The molecule has 6 nitrogen and oxygen atoms in total. The number of hydrogen-bond donors (Lipinski definition) is 0. The summed E-state index contributed by atoms with van der Waals surface area (Å²) < 4.78 is 0. The zero-order valence-electron chi connectivity index (χ0n) is 16.5. The monoisotopic (exact) mass is 418 g/mol. The molecule has 1 unspecified atom stereocenters. The number of ketones is 1. The van der Waals surface area contributed by atoms with Crippen LogP contribution < -0.4 is 4.90 Å². The van der Waals surface area contributed by atoms with Gasteiger partial charge >= 0.3 is 0 Å². The molecule has 0 N–H and O–H groups in total. The third-order valence-corrected chi connectivity index (χ3v) is 6.74. The van der Waals surface area contributed by atoms with E-state index in [-0.39, 0.29) is 17.6 Å². The molecule has 3 heterocycles. The molecule has 1 aliphatic carbocycles. The lowest BCUT2D eigenvalue weighted by Gasteiger charge is -2.35. The van der Waals surface area contributed by atoms with Gasteiger partial charge in [-0.25, -0.2) is 9.97 Å². The van der Waals surface area contributed by atoms with Crippen LogP contribution in [0.4, 0.5) is 5.95 Å². The first-order valence-corrected chi connectivity index (χ1v) is 11.1. The predicted molar refractivity (Wildman–Crippen MR) is 116 cm³/mol. The first-order valence-electron chi connectivity index (χ1n) is 10.2. The average Bonchev–Trinajstić information content (AvgIpc) is 3.34. The second-order valence-corrected chi connectivity index (χ2v) is 8.67. The van der Waals surface area contributed by atoms with E-state index >= 15 is 0 Å². The van der Waals surface area contributed by atoms with Crippen molar-refractivity contribution in [2.45, 2.75) is 18.8 Å². The number of aromatic nitrogens is 2. The van der Waals surface area contributed by atoms with Crippen molar-refractivity contribution in [1.82, 2.24) is 14.9 Å². The summed E-state index contributed by atoms with van der Waals surface area (Å²) in [6.07, 6.45) is 2.94. The number of fused-ring (bicyclic) bond motifs is 1. The highest BCUT2D eigenvalue weighted by Gasteiger charge is 2.29. The van der Waals surface area contributed by atoms with Crippen LogP contribution in [0.25, 0.3) is 0 Å². The molecule has 1 atom stereocenters. The van der Waals surface area contributed by atoms with E-state index in [1.54, 1.807) is 6.20 Å². The minimum absolute atomic E-state index is 0.0901. The lowest BCUT2D eigenvalue weighted by molar-refractivity contribution is 0.0750. The third-order valence-electron chi connectivity index (χ3n) is 5.88. The maximum absolute atomic E-state index is 12.7. The Morgan fingerprint density at radius 1 is 1.00 bits per heavy atom. The van der Waals surface area contributed by atoms with Crippen LogP contribution in [0, 0.1) is 0 Å². The molecule has 152 valence electrons. The van der Waals surface area contributed by atoms with Crippen LogP contribution in [0.1, 0.15) is 43.6 Å². The largest absolute Gasteiger partial charge is 0.337 e. The minimum atomic E-state index is 0.0901. The number of carbonyl (C=O) groups excluding carboxylic acids is 2. The minimum Gasteiger partial charge on any atom is -0.337 e. The lowest BCUT2D eigenvalue weighted by Crippen LogP contribution is -2.49. The van der Waals surface area contributed by atoms with E-state index in [9.17, 15) is 9.59 Å². The maximum atomic E-state index is 12.7. The highest BCUT2D eigenvalue weighted by molar-refractivity contribution is 7.12. The van der Waals surface area contributed by atoms with Crippen LogP contribution in [0.15, 0.2) is 54.0 Å². The summed E-state index contributed by atoms with van der Waals surface area (Å²) in [6, 6.07) is 13.9. The van der Waals surface area contributed by atoms with E-state index in [4.69, 9.17) is 4.98 Å². The number of benzene rings is 1. The molecule has 1 amide bonds. The highest BCUT2D eigenvalue weighted by atomic mass is 32.1. The normalized spacial score (nSPS) is 18.9. The number of thiophene rings is 1. The van der Waals surface area contributed by atoms with Crippen LogP contribution in [0.2, 0.25) is 0 Å². The van der Waals surface area contributed by atoms with Gasteiger partial charge in [0.05, 0.1) is 16.1 Å². The quantitative estimate of drug-likeness (QED) is 0.652. The molecular formula is C23H22N4O2S. The van der Waals surface area contributed by atoms with Crippen LogP contribution >= 0.6 is 11.3 Å². The predicted octanol–water partition coefficient (Wildman–Crippen LogP) is 3.41. The molecule has 1 saturated heterocycles. The van der Waals surface area contributed by atoms with E-state index in [0.717, 1.165) is 17.0 Å². The summed E-state index contributed by atoms with van der Waals surface area (Å²) in [4.78, 5) is 39.2. The Labute approximate surface area is 179 Å². The summed E-state index contributed by atoms with van der Waals surface area (Å²) >= 11 is 1.47. The molecular weight excluding hydrogens is 396 g/mol. The fraction of sp³-hybridized carbons (Fsp3) is 0.304. The van der Waals surface area contributed by atoms with Gasteiger partial charge in [-0.15, -0.1) is 11.3 Å². The molecule has 0 bridgehead atoms. The molecule has 7 heteroatoms. The van der Waals surface area contributed by atoms with Crippen LogP contribution in [-0.4, -0.2) is 52.7 Å². The molecule has 3 aromatic rings. The Morgan fingerprint density at radius 3 is 2.53 bits per heavy atom. The van der Waals surface area contributed by atoms with Gasteiger partial charge in [-0.05, 0) is 29.3 Å². The molecule has 1 fully saturated rings. The molecule has 1 aromatic carbocycles. The third kappa shape index (κ3) is 3.61. The number of Topliss-reactive ketones (excluding diaryl/α,β-unsaturated/α-hetero) is 1. The zero-order chi connectivity index (χ0) is 20.5. The number of anilines is 1.